The van der Waals surface area contributed by atoms with Crippen molar-refractivity contribution in [3.8, 4) is 0 Å². The third-order valence-electron chi connectivity index (χ3n) is 0.924. The number of anilines is 1. The van der Waals surface area contributed by atoms with E-state index in [1.807, 2.05) is 0 Å². The predicted octanol–water partition coefficient (Wildman–Crippen LogP) is 1.32. The Labute approximate surface area is 64.8 Å². The third kappa shape index (κ3) is 1.13. The molecule has 0 amide bonds. The lowest BCUT2D eigenvalue weighted by Gasteiger charge is -1.81. The van der Waals surface area contributed by atoms with Crippen molar-refractivity contribution in [2.75, 3.05) is 5.73 Å². The summed E-state index contributed by atoms with van der Waals surface area (Å²) in [5, 5.41) is 8.35. The Kier molecular flexibility index (Phi) is 1.67. The van der Waals surface area contributed by atoms with Gasteiger partial charge in [-0.3, -0.25) is 0 Å². The summed E-state index contributed by atoms with van der Waals surface area (Å²) in [6.07, 6.45) is 0. The van der Waals surface area contributed by atoms with Gasteiger partial charge in [-0.05, 0) is 15.9 Å². The van der Waals surface area contributed by atoms with Crippen molar-refractivity contribution in [2.24, 2.45) is 0 Å². The number of carbonyl (C=O) groups is 1. The number of hydrogen-bond donors (Lipinski definition) is 2. The summed E-state index contributed by atoms with van der Waals surface area (Å²) in [7, 11) is 0. The summed E-state index contributed by atoms with van der Waals surface area (Å²) < 4.78 is 4.92. The number of rotatable bonds is 1. The summed E-state index contributed by atoms with van der Waals surface area (Å²) in [4.78, 5) is 10.2. The fraction of sp³-hybridized carbons (Fsp3) is 0. The summed E-state index contributed by atoms with van der Waals surface area (Å²) >= 11 is 2.93. The van der Waals surface area contributed by atoms with E-state index in [-0.39, 0.29) is 16.1 Å². The molecule has 0 saturated carbocycles. The molecule has 0 unspecified atom stereocenters. The molecule has 4 nitrogen and oxygen atoms in total. The van der Waals surface area contributed by atoms with Gasteiger partial charge in [0.2, 0.25) is 5.76 Å². The largest absolute Gasteiger partial charge is 0.475 e. The van der Waals surface area contributed by atoms with E-state index in [9.17, 15) is 4.79 Å². The minimum absolute atomic E-state index is 0.163. The highest BCUT2D eigenvalue weighted by Gasteiger charge is 2.10. The quantitative estimate of drug-likeness (QED) is 0.726. The Bertz CT molecular complexity index is 248. The van der Waals surface area contributed by atoms with Crippen LogP contribution in [0.4, 0.5) is 5.69 Å². The minimum atomic E-state index is -1.13. The van der Waals surface area contributed by atoms with Gasteiger partial charge < -0.3 is 15.3 Å². The maximum absolute atomic E-state index is 10.2. The number of aromatic carboxylic acids is 1. The van der Waals surface area contributed by atoms with Gasteiger partial charge in [0.25, 0.3) is 0 Å². The van der Waals surface area contributed by atoms with Gasteiger partial charge in [-0.15, -0.1) is 0 Å². The molecule has 54 valence electrons. The molecule has 10 heavy (non-hydrogen) atoms. The summed E-state index contributed by atoms with van der Waals surface area (Å²) in [6.45, 7) is 0. The van der Waals surface area contributed by atoms with Crippen molar-refractivity contribution in [3.63, 3.8) is 0 Å². The SMILES string of the molecule is Nc1cc(C(=O)O)oc1Br. The van der Waals surface area contributed by atoms with Crippen LogP contribution < -0.4 is 5.73 Å². The number of nitrogen functional groups attached to an aromatic ring is 1. The van der Waals surface area contributed by atoms with Crippen molar-refractivity contribution in [2.45, 2.75) is 0 Å². The van der Waals surface area contributed by atoms with Gasteiger partial charge in [-0.2, -0.15) is 0 Å². The fourth-order valence-electron chi connectivity index (χ4n) is 0.488. The molecule has 0 bridgehead atoms. The molecule has 0 aliphatic heterocycles. The molecule has 1 rings (SSSR count). The average molecular weight is 206 g/mol. The zero-order valence-corrected chi connectivity index (χ0v) is 6.38. The van der Waals surface area contributed by atoms with E-state index >= 15 is 0 Å². The zero-order chi connectivity index (χ0) is 7.72. The number of halogens is 1. The van der Waals surface area contributed by atoms with Gasteiger partial charge >= 0.3 is 5.97 Å². The second kappa shape index (κ2) is 2.34. The number of nitrogens with two attached hydrogens (primary N) is 1. The van der Waals surface area contributed by atoms with Crippen LogP contribution in [0.25, 0.3) is 0 Å². The molecule has 0 saturated heterocycles. The van der Waals surface area contributed by atoms with E-state index in [1.54, 1.807) is 0 Å². The second-order valence-corrected chi connectivity index (χ2v) is 2.37. The lowest BCUT2D eigenvalue weighted by atomic mass is 10.4. The molecule has 0 fully saturated rings. The maximum Gasteiger partial charge on any atom is 0.371 e. The Hall–Kier alpha value is -0.970. The molecule has 3 N–H and O–H groups in total. The Balaban J connectivity index is 3.10. The van der Waals surface area contributed by atoms with Crippen LogP contribution >= 0.6 is 15.9 Å². The van der Waals surface area contributed by atoms with Gasteiger partial charge in [0.1, 0.15) is 0 Å². The molecule has 1 aromatic heterocycles. The average Bonchev–Trinajstić information content (AvgIpc) is 2.13. The standard InChI is InChI=1S/C5H4BrNO3/c6-4-2(7)1-3(10-4)5(8)9/h1H,7H2,(H,8,9). The van der Waals surface area contributed by atoms with Crippen LogP contribution in [0.1, 0.15) is 10.6 Å². The fourth-order valence-corrected chi connectivity index (χ4v) is 0.777. The Morgan fingerprint density at radius 3 is 2.60 bits per heavy atom. The molecule has 1 aromatic rings. The Morgan fingerprint density at radius 2 is 2.40 bits per heavy atom. The van der Waals surface area contributed by atoms with Crippen molar-refractivity contribution in [1.82, 2.24) is 0 Å². The lowest BCUT2D eigenvalue weighted by molar-refractivity contribution is 0.0661. The molecule has 5 heteroatoms. The van der Waals surface area contributed by atoms with Crippen LogP contribution in [-0.4, -0.2) is 11.1 Å². The highest BCUT2D eigenvalue weighted by Crippen LogP contribution is 2.23. The summed E-state index contributed by atoms with van der Waals surface area (Å²) in [5.41, 5.74) is 5.56. The van der Waals surface area contributed by atoms with Crippen molar-refractivity contribution in [3.05, 3.63) is 16.5 Å². The van der Waals surface area contributed by atoms with Crippen molar-refractivity contribution >= 4 is 27.6 Å². The minimum Gasteiger partial charge on any atom is -0.475 e. The topological polar surface area (TPSA) is 76.5 Å². The van der Waals surface area contributed by atoms with Crippen LogP contribution in [0, 0.1) is 0 Å². The van der Waals surface area contributed by atoms with E-state index in [2.05, 4.69) is 20.3 Å². The Morgan fingerprint density at radius 1 is 1.80 bits per heavy atom. The molecule has 0 aliphatic carbocycles. The molecule has 0 aromatic carbocycles. The third-order valence-corrected chi connectivity index (χ3v) is 1.54. The maximum atomic E-state index is 10.2. The number of hydrogen-bond acceptors (Lipinski definition) is 3. The van der Waals surface area contributed by atoms with E-state index in [0.29, 0.717) is 0 Å². The highest BCUT2D eigenvalue weighted by atomic mass is 79.9. The summed E-state index contributed by atoms with van der Waals surface area (Å²) in [5.74, 6) is -1.29. The van der Waals surface area contributed by atoms with Crippen molar-refractivity contribution < 1.29 is 14.3 Å². The first-order valence-corrected chi connectivity index (χ1v) is 3.18. The van der Waals surface area contributed by atoms with E-state index in [0.717, 1.165) is 0 Å². The smallest absolute Gasteiger partial charge is 0.371 e. The van der Waals surface area contributed by atoms with E-state index < -0.39 is 5.97 Å². The van der Waals surface area contributed by atoms with E-state index in [1.165, 1.54) is 6.07 Å². The van der Waals surface area contributed by atoms with Crippen LogP contribution in [0.5, 0.6) is 0 Å². The highest BCUT2D eigenvalue weighted by molar-refractivity contribution is 9.10. The molecule has 1 heterocycles. The lowest BCUT2D eigenvalue weighted by Crippen LogP contribution is -1.91. The van der Waals surface area contributed by atoms with Gasteiger partial charge in [-0.25, -0.2) is 4.79 Å². The first-order chi connectivity index (χ1) is 4.61. The first-order valence-electron chi connectivity index (χ1n) is 2.39. The monoisotopic (exact) mass is 205 g/mol. The number of carboxylic acids is 1. The van der Waals surface area contributed by atoms with Crippen LogP contribution in [-0.2, 0) is 0 Å². The molecule has 0 radical (unpaired) electrons. The number of furan rings is 1. The van der Waals surface area contributed by atoms with Gasteiger partial charge in [0.15, 0.2) is 4.67 Å². The van der Waals surface area contributed by atoms with Crippen molar-refractivity contribution in [1.29, 1.82) is 0 Å². The zero-order valence-electron chi connectivity index (χ0n) is 4.80. The molecular weight excluding hydrogens is 202 g/mol. The molecular formula is C5H4BrNO3. The summed E-state index contributed by atoms with van der Waals surface area (Å²) in [6, 6.07) is 1.24. The van der Waals surface area contributed by atoms with Crippen LogP contribution in [0.15, 0.2) is 15.2 Å². The van der Waals surface area contributed by atoms with Gasteiger partial charge in [0, 0.05) is 6.07 Å². The van der Waals surface area contributed by atoms with Crippen LogP contribution in [0.3, 0.4) is 0 Å². The number of carboxylic acid groups (broad SMARTS) is 1. The molecule has 0 aliphatic rings. The van der Waals surface area contributed by atoms with Gasteiger partial charge in [-0.1, -0.05) is 0 Å². The van der Waals surface area contributed by atoms with Crippen LogP contribution in [0.2, 0.25) is 0 Å². The molecule has 0 atom stereocenters. The predicted molar refractivity (Wildman–Crippen MR) is 37.8 cm³/mol. The normalized spacial score (nSPS) is 9.70. The van der Waals surface area contributed by atoms with E-state index in [4.69, 9.17) is 10.8 Å². The first kappa shape index (κ1) is 7.14. The molecule has 0 spiro atoms. The van der Waals surface area contributed by atoms with Gasteiger partial charge in [0.05, 0.1) is 5.69 Å². The second-order valence-electron chi connectivity index (χ2n) is 1.64.